The number of amides is 2. The van der Waals surface area contributed by atoms with Gasteiger partial charge in [-0.3, -0.25) is 0 Å². The standard InChI is InChI=1S/C32H33Cl2N3O2/c33-30-14-13-29(22-31(30)34)39-28-15-19-37(20-16-28,23-24-7-2-1-3-8-24)18-6-17-35-32(38)36-27-12-11-25-9-4-5-10-26(25)21-27/h1-5,7-14,21-22,28H,6,15-20,23H2,(H-,35,36,38)/p+1. The number of benzene rings is 4. The lowest BCUT2D eigenvalue weighted by Gasteiger charge is -2.44. The van der Waals surface area contributed by atoms with Crippen molar-refractivity contribution in [3.63, 3.8) is 0 Å². The lowest BCUT2D eigenvalue weighted by atomic mass is 10.0. The van der Waals surface area contributed by atoms with Crippen LogP contribution in [0.15, 0.2) is 91.0 Å². The molecule has 0 spiro atoms. The number of halogens is 2. The molecule has 39 heavy (non-hydrogen) atoms. The number of quaternary nitrogens is 1. The number of rotatable bonds is 9. The third kappa shape index (κ3) is 7.45. The fourth-order valence-electron chi connectivity index (χ4n) is 5.44. The van der Waals surface area contributed by atoms with E-state index in [1.54, 1.807) is 12.1 Å². The molecule has 2 amide bonds. The Labute approximate surface area is 240 Å². The van der Waals surface area contributed by atoms with Crippen LogP contribution in [0, 0.1) is 0 Å². The van der Waals surface area contributed by atoms with Crippen molar-refractivity contribution >= 4 is 45.7 Å². The van der Waals surface area contributed by atoms with Gasteiger partial charge in [0.2, 0.25) is 0 Å². The Bertz CT molecular complexity index is 1410. The van der Waals surface area contributed by atoms with Crippen molar-refractivity contribution in [3.8, 4) is 5.75 Å². The molecule has 0 saturated carbocycles. The fraction of sp³-hybridized carbons (Fsp3) is 0.281. The predicted molar refractivity (Wildman–Crippen MR) is 161 cm³/mol. The maximum Gasteiger partial charge on any atom is 0.319 e. The van der Waals surface area contributed by atoms with Gasteiger partial charge in [0.25, 0.3) is 0 Å². The number of carbonyl (C=O) groups excluding carboxylic acids is 1. The van der Waals surface area contributed by atoms with Gasteiger partial charge in [0.1, 0.15) is 18.4 Å². The first-order valence-electron chi connectivity index (χ1n) is 13.5. The van der Waals surface area contributed by atoms with Gasteiger partial charge in [-0.15, -0.1) is 0 Å². The Morgan fingerprint density at radius 3 is 2.36 bits per heavy atom. The molecule has 1 aliphatic rings. The van der Waals surface area contributed by atoms with Gasteiger partial charge in [0.05, 0.1) is 29.7 Å². The lowest BCUT2D eigenvalue weighted by molar-refractivity contribution is -0.946. The number of urea groups is 1. The number of likely N-dealkylation sites (tertiary alicyclic amines) is 1. The number of nitrogens with zero attached hydrogens (tertiary/aromatic N) is 1. The summed E-state index contributed by atoms with van der Waals surface area (Å²) < 4.78 is 7.24. The summed E-state index contributed by atoms with van der Waals surface area (Å²) in [5.41, 5.74) is 2.13. The quantitative estimate of drug-likeness (QED) is 0.161. The normalized spacial score (nSPS) is 19.0. The molecule has 5 rings (SSSR count). The molecule has 1 fully saturated rings. The molecule has 2 N–H and O–H groups in total. The molecule has 0 atom stereocenters. The van der Waals surface area contributed by atoms with Crippen molar-refractivity contribution < 1.29 is 14.0 Å². The van der Waals surface area contributed by atoms with Crippen molar-refractivity contribution in [2.45, 2.75) is 31.9 Å². The van der Waals surface area contributed by atoms with E-state index >= 15 is 0 Å². The molecule has 0 aliphatic carbocycles. The third-order valence-electron chi connectivity index (χ3n) is 7.51. The highest BCUT2D eigenvalue weighted by Gasteiger charge is 2.34. The highest BCUT2D eigenvalue weighted by atomic mass is 35.5. The summed E-state index contributed by atoms with van der Waals surface area (Å²) in [6.07, 6.45) is 2.97. The van der Waals surface area contributed by atoms with Crippen LogP contribution < -0.4 is 15.4 Å². The van der Waals surface area contributed by atoms with Gasteiger partial charge >= 0.3 is 6.03 Å². The molecule has 4 aromatic rings. The molecule has 4 aromatic carbocycles. The van der Waals surface area contributed by atoms with Crippen molar-refractivity contribution in [2.75, 3.05) is 31.5 Å². The minimum absolute atomic E-state index is 0.148. The van der Waals surface area contributed by atoms with Gasteiger partial charge in [0, 0.05) is 43.1 Å². The van der Waals surface area contributed by atoms with E-state index in [0.717, 1.165) is 72.1 Å². The Hall–Kier alpha value is -3.25. The second kappa shape index (κ2) is 12.7. The summed E-state index contributed by atoms with van der Waals surface area (Å²) in [5, 5.41) is 9.32. The van der Waals surface area contributed by atoms with Gasteiger partial charge in [-0.2, -0.15) is 0 Å². The number of hydrogen-bond donors (Lipinski definition) is 2. The van der Waals surface area contributed by atoms with Crippen LogP contribution in [-0.4, -0.2) is 42.8 Å². The van der Waals surface area contributed by atoms with Crippen LogP contribution in [0.25, 0.3) is 10.8 Å². The number of piperidine rings is 1. The first kappa shape index (κ1) is 27.3. The molecule has 1 saturated heterocycles. The van der Waals surface area contributed by atoms with E-state index < -0.39 is 0 Å². The van der Waals surface area contributed by atoms with Crippen LogP contribution >= 0.6 is 23.2 Å². The minimum atomic E-state index is -0.173. The number of fused-ring (bicyclic) bond motifs is 1. The van der Waals surface area contributed by atoms with Crippen molar-refractivity contribution in [1.29, 1.82) is 0 Å². The van der Waals surface area contributed by atoms with Crippen molar-refractivity contribution in [1.82, 2.24) is 5.32 Å². The summed E-state index contributed by atoms with van der Waals surface area (Å²) in [5.74, 6) is 0.763. The number of carbonyl (C=O) groups is 1. The van der Waals surface area contributed by atoms with Crippen molar-refractivity contribution in [2.24, 2.45) is 0 Å². The van der Waals surface area contributed by atoms with Gasteiger partial charge < -0.3 is 19.9 Å². The Kier molecular flexibility index (Phi) is 8.92. The molecule has 1 heterocycles. The van der Waals surface area contributed by atoms with E-state index in [9.17, 15) is 4.79 Å². The van der Waals surface area contributed by atoms with Crippen LogP contribution in [0.1, 0.15) is 24.8 Å². The molecular weight excluding hydrogens is 529 g/mol. The summed E-state index contributed by atoms with van der Waals surface area (Å²) in [7, 11) is 0. The predicted octanol–water partition coefficient (Wildman–Crippen LogP) is 7.92. The van der Waals surface area contributed by atoms with Gasteiger partial charge in [0.15, 0.2) is 0 Å². The second-order valence-corrected chi connectivity index (χ2v) is 11.2. The van der Waals surface area contributed by atoms with Gasteiger partial charge in [-0.05, 0) is 35.0 Å². The zero-order valence-corrected chi connectivity index (χ0v) is 23.4. The topological polar surface area (TPSA) is 50.4 Å². The van der Waals surface area contributed by atoms with E-state index in [-0.39, 0.29) is 12.1 Å². The maximum atomic E-state index is 12.6. The van der Waals surface area contributed by atoms with Crippen LogP contribution in [0.3, 0.4) is 0 Å². The molecule has 202 valence electrons. The molecule has 7 heteroatoms. The number of anilines is 1. The first-order chi connectivity index (χ1) is 19.0. The summed E-state index contributed by atoms with van der Waals surface area (Å²) in [6.45, 7) is 4.63. The van der Waals surface area contributed by atoms with E-state index in [2.05, 4.69) is 47.0 Å². The zero-order valence-electron chi connectivity index (χ0n) is 21.9. The third-order valence-corrected chi connectivity index (χ3v) is 8.25. The number of nitrogens with one attached hydrogen (secondary N) is 2. The Morgan fingerprint density at radius 2 is 1.59 bits per heavy atom. The molecule has 1 aliphatic heterocycles. The Morgan fingerprint density at radius 1 is 0.846 bits per heavy atom. The van der Waals surface area contributed by atoms with Crippen LogP contribution in [0.4, 0.5) is 10.5 Å². The molecule has 5 nitrogen and oxygen atoms in total. The highest BCUT2D eigenvalue weighted by molar-refractivity contribution is 6.42. The maximum absolute atomic E-state index is 12.6. The van der Waals surface area contributed by atoms with Crippen LogP contribution in [0.5, 0.6) is 5.75 Å². The highest BCUT2D eigenvalue weighted by Crippen LogP contribution is 2.30. The monoisotopic (exact) mass is 562 g/mol. The molecule has 0 unspecified atom stereocenters. The molecule has 0 radical (unpaired) electrons. The summed E-state index contributed by atoms with van der Waals surface area (Å²) in [6, 6.07) is 30.0. The average Bonchev–Trinajstić information content (AvgIpc) is 2.95. The van der Waals surface area contributed by atoms with Crippen molar-refractivity contribution in [3.05, 3.63) is 107 Å². The van der Waals surface area contributed by atoms with Gasteiger partial charge in [-0.1, -0.05) is 83.9 Å². The van der Waals surface area contributed by atoms with Crippen LogP contribution in [-0.2, 0) is 6.54 Å². The Balaban J connectivity index is 1.14. The van der Waals surface area contributed by atoms with Gasteiger partial charge in [-0.25, -0.2) is 4.79 Å². The van der Waals surface area contributed by atoms with Crippen LogP contribution in [0.2, 0.25) is 10.0 Å². The van der Waals surface area contributed by atoms with E-state index in [1.807, 2.05) is 42.5 Å². The largest absolute Gasteiger partial charge is 0.490 e. The van der Waals surface area contributed by atoms with E-state index in [0.29, 0.717) is 16.6 Å². The summed E-state index contributed by atoms with van der Waals surface area (Å²) >= 11 is 12.2. The smallest absolute Gasteiger partial charge is 0.319 e. The molecular formula is C32H34Cl2N3O2+. The molecule has 0 bridgehead atoms. The van der Waals surface area contributed by atoms with E-state index in [4.69, 9.17) is 27.9 Å². The average molecular weight is 564 g/mol. The second-order valence-electron chi connectivity index (χ2n) is 10.3. The molecule has 0 aromatic heterocycles. The summed E-state index contributed by atoms with van der Waals surface area (Å²) in [4.78, 5) is 12.6. The minimum Gasteiger partial charge on any atom is -0.490 e. The zero-order chi connectivity index (χ0) is 27.1. The SMILES string of the molecule is O=C(NCCC[N+]1(Cc2ccccc2)CCC(Oc2ccc(Cl)c(Cl)c2)CC1)Nc1ccc2ccccc2c1. The fourth-order valence-corrected chi connectivity index (χ4v) is 5.73. The number of hydrogen-bond acceptors (Lipinski definition) is 2. The van der Waals surface area contributed by atoms with E-state index in [1.165, 1.54) is 5.56 Å². The number of ether oxygens (including phenoxy) is 1. The first-order valence-corrected chi connectivity index (χ1v) is 14.3. The lowest BCUT2D eigenvalue weighted by Crippen LogP contribution is -2.55.